The van der Waals surface area contributed by atoms with Crippen molar-refractivity contribution in [3.05, 3.63) is 149 Å². The van der Waals surface area contributed by atoms with E-state index in [4.69, 9.17) is 4.74 Å². The van der Waals surface area contributed by atoms with Crippen molar-refractivity contribution in [1.29, 1.82) is 0 Å². The Morgan fingerprint density at radius 1 is 0.952 bits per heavy atom. The minimum absolute atomic E-state index is 0.129. The topological polar surface area (TPSA) is 109 Å². The van der Waals surface area contributed by atoms with Crippen LogP contribution in [0.25, 0.3) is 0 Å². The molecule has 2 aliphatic rings. The summed E-state index contributed by atoms with van der Waals surface area (Å²) >= 11 is 0. The lowest BCUT2D eigenvalue weighted by Gasteiger charge is -2.27. The number of aliphatic imine (C=N–C) groups is 1. The first-order valence-corrected chi connectivity index (χ1v) is 13.1. The minimum Gasteiger partial charge on any atom is -0.494 e. The number of methoxy groups -OCH3 is 1. The van der Waals surface area contributed by atoms with Crippen molar-refractivity contribution in [2.45, 2.75) is 12.0 Å². The fourth-order valence-corrected chi connectivity index (χ4v) is 4.85. The van der Waals surface area contributed by atoms with Crippen molar-refractivity contribution in [3.63, 3.8) is 0 Å². The quantitative estimate of drug-likeness (QED) is 0.428. The van der Waals surface area contributed by atoms with Crippen molar-refractivity contribution in [2.75, 3.05) is 7.11 Å². The lowest BCUT2D eigenvalue weighted by Crippen LogP contribution is -2.45. The highest BCUT2D eigenvalue weighted by Gasteiger charge is 2.33. The molecule has 1 aromatic heterocycles. The second-order valence-corrected chi connectivity index (χ2v) is 9.52. The van der Waals surface area contributed by atoms with Crippen LogP contribution >= 0.6 is 0 Å². The Balaban J connectivity index is 1.52. The number of hydrogen-bond acceptors (Lipinski definition) is 6. The third kappa shape index (κ3) is 6.03. The van der Waals surface area contributed by atoms with Gasteiger partial charge in [0.1, 0.15) is 17.5 Å². The molecule has 2 heterocycles. The predicted molar refractivity (Wildman–Crippen MR) is 155 cm³/mol. The molecular weight excluding hydrogens is 537 g/mol. The fraction of sp³-hybridized carbons (Fsp3) is 0.125. The molecule has 3 aromatic rings. The molecule has 2 aromatic carbocycles. The number of hydroxylamine groups is 2. The van der Waals surface area contributed by atoms with Crippen LogP contribution in [0, 0.1) is 0 Å². The molecule has 0 radical (unpaired) electrons. The van der Waals surface area contributed by atoms with E-state index in [2.05, 4.69) is 15.4 Å². The maximum absolute atomic E-state index is 14.7. The molecule has 0 unspecified atom stereocenters. The van der Waals surface area contributed by atoms with Gasteiger partial charge in [-0.3, -0.25) is 19.5 Å². The smallest absolute Gasteiger partial charge is 0.270 e. The van der Waals surface area contributed by atoms with Gasteiger partial charge in [-0.05, 0) is 34.9 Å². The van der Waals surface area contributed by atoms with E-state index in [1.165, 1.54) is 24.2 Å². The molecular formula is C32H28FN5O4. The zero-order valence-corrected chi connectivity index (χ0v) is 22.9. The number of carbonyl (C=O) groups excluding carboxylic acids is 2. The molecule has 0 bridgehead atoms. The van der Waals surface area contributed by atoms with Crippen LogP contribution in [0.1, 0.15) is 27.5 Å². The van der Waals surface area contributed by atoms with Gasteiger partial charge in [-0.15, -0.1) is 0 Å². The SMILES string of the molecule is COC1=CN(O)C=C(F)C1=C1C=CC(=NC(=O)[C@@H](NC(=O)c2ccnn2C)C(c2ccccc2)c2ccccc2)C=C1. The van der Waals surface area contributed by atoms with E-state index in [-0.39, 0.29) is 11.3 Å². The van der Waals surface area contributed by atoms with E-state index in [0.717, 1.165) is 17.3 Å². The van der Waals surface area contributed by atoms with Gasteiger partial charge < -0.3 is 10.1 Å². The van der Waals surface area contributed by atoms with Crippen LogP contribution in [0.2, 0.25) is 0 Å². The molecule has 9 nitrogen and oxygen atoms in total. The Morgan fingerprint density at radius 2 is 1.57 bits per heavy atom. The van der Waals surface area contributed by atoms with Gasteiger partial charge in [0.25, 0.3) is 11.8 Å². The zero-order chi connectivity index (χ0) is 29.6. The molecule has 42 heavy (non-hydrogen) atoms. The highest BCUT2D eigenvalue weighted by molar-refractivity contribution is 6.12. The first kappa shape index (κ1) is 28.2. The summed E-state index contributed by atoms with van der Waals surface area (Å²) in [5.41, 5.74) is 2.87. The molecule has 10 heteroatoms. The molecule has 2 N–H and O–H groups in total. The van der Waals surface area contributed by atoms with E-state index >= 15 is 0 Å². The third-order valence-electron chi connectivity index (χ3n) is 6.85. The highest BCUT2D eigenvalue weighted by atomic mass is 19.1. The van der Waals surface area contributed by atoms with Gasteiger partial charge in [-0.2, -0.15) is 5.10 Å². The van der Waals surface area contributed by atoms with Crippen LogP contribution in [-0.4, -0.2) is 50.7 Å². The number of rotatable bonds is 7. The Kier molecular flexibility index (Phi) is 8.35. The maximum Gasteiger partial charge on any atom is 0.270 e. The second-order valence-electron chi connectivity index (χ2n) is 9.52. The molecule has 0 fully saturated rings. The Hall–Kier alpha value is -5.35. The average Bonchev–Trinajstić information content (AvgIpc) is 3.44. The summed E-state index contributed by atoms with van der Waals surface area (Å²) in [6.07, 6.45) is 10.0. The zero-order valence-electron chi connectivity index (χ0n) is 22.9. The monoisotopic (exact) mass is 565 g/mol. The van der Waals surface area contributed by atoms with Crippen LogP contribution < -0.4 is 5.32 Å². The van der Waals surface area contributed by atoms with Gasteiger partial charge in [-0.25, -0.2) is 14.4 Å². The molecule has 2 amide bonds. The van der Waals surface area contributed by atoms with Crippen LogP contribution in [0.4, 0.5) is 4.39 Å². The number of amides is 2. The number of nitrogens with zero attached hydrogens (tertiary/aromatic N) is 4. The number of aromatic nitrogens is 2. The molecule has 1 atom stereocenters. The number of carbonyl (C=O) groups is 2. The number of benzene rings is 2. The molecule has 1 aliphatic carbocycles. The lowest BCUT2D eigenvalue weighted by atomic mass is 9.84. The summed E-state index contributed by atoms with van der Waals surface area (Å²) in [5, 5.41) is 17.2. The van der Waals surface area contributed by atoms with Gasteiger partial charge >= 0.3 is 0 Å². The van der Waals surface area contributed by atoms with Crippen molar-refractivity contribution in [2.24, 2.45) is 12.0 Å². The Labute approximate surface area is 241 Å². The van der Waals surface area contributed by atoms with E-state index in [1.54, 1.807) is 37.4 Å². The van der Waals surface area contributed by atoms with Crippen LogP contribution in [0.3, 0.4) is 0 Å². The van der Waals surface area contributed by atoms with Crippen molar-refractivity contribution < 1.29 is 23.9 Å². The van der Waals surface area contributed by atoms with E-state index in [1.807, 2.05) is 60.7 Å². The van der Waals surface area contributed by atoms with E-state index < -0.39 is 29.6 Å². The number of hydrogen-bond donors (Lipinski definition) is 2. The van der Waals surface area contributed by atoms with Gasteiger partial charge in [0.2, 0.25) is 0 Å². The maximum atomic E-state index is 14.7. The summed E-state index contributed by atoms with van der Waals surface area (Å²) in [5.74, 6) is -2.15. The molecule has 0 saturated heterocycles. The molecule has 0 saturated carbocycles. The first-order valence-electron chi connectivity index (χ1n) is 13.1. The Morgan fingerprint density at radius 3 is 2.12 bits per heavy atom. The van der Waals surface area contributed by atoms with Crippen LogP contribution in [0.5, 0.6) is 0 Å². The fourth-order valence-electron chi connectivity index (χ4n) is 4.85. The van der Waals surface area contributed by atoms with E-state index in [9.17, 15) is 19.2 Å². The average molecular weight is 566 g/mol. The lowest BCUT2D eigenvalue weighted by molar-refractivity contribution is -0.119. The van der Waals surface area contributed by atoms with Crippen molar-refractivity contribution in [3.8, 4) is 0 Å². The summed E-state index contributed by atoms with van der Waals surface area (Å²) in [7, 11) is 3.02. The minimum atomic E-state index is -1.07. The number of halogens is 1. The summed E-state index contributed by atoms with van der Waals surface area (Å²) in [4.78, 5) is 31.6. The second kappa shape index (κ2) is 12.4. The van der Waals surface area contributed by atoms with Gasteiger partial charge in [0.15, 0.2) is 5.83 Å². The summed E-state index contributed by atoms with van der Waals surface area (Å²) < 4.78 is 21.4. The molecule has 212 valence electrons. The number of nitrogens with one attached hydrogen (secondary N) is 1. The largest absolute Gasteiger partial charge is 0.494 e. The standard InChI is InChI=1S/C32H28FN5O4/c1-37-26(17-18-34-37)31(39)36-30(28(21-9-5-3-6-10-21)22-11-7-4-8-12-22)32(40)35-24-15-13-23(14-16-24)29-25(33)19-38(41)20-27(29)42-2/h3-20,28,30,41H,1-2H3,(H,36,39)/t30-/m0/s1. The Bertz CT molecular complexity index is 1610. The molecule has 0 spiro atoms. The van der Waals surface area contributed by atoms with Gasteiger partial charge in [0, 0.05) is 19.2 Å². The summed E-state index contributed by atoms with van der Waals surface area (Å²) in [6.45, 7) is 0. The number of ether oxygens (including phenoxy) is 1. The predicted octanol–water partition coefficient (Wildman–Crippen LogP) is 4.74. The van der Waals surface area contributed by atoms with Crippen molar-refractivity contribution >= 4 is 17.5 Å². The van der Waals surface area contributed by atoms with Crippen LogP contribution in [-0.2, 0) is 16.6 Å². The van der Waals surface area contributed by atoms with Crippen molar-refractivity contribution in [1.82, 2.24) is 20.2 Å². The first-order chi connectivity index (χ1) is 20.4. The van der Waals surface area contributed by atoms with Gasteiger partial charge in [-0.1, -0.05) is 72.8 Å². The molecule has 1 aliphatic heterocycles. The molecule has 5 rings (SSSR count). The van der Waals surface area contributed by atoms with Gasteiger partial charge in [0.05, 0.1) is 30.8 Å². The number of aryl methyl sites for hydroxylation is 1. The summed E-state index contributed by atoms with van der Waals surface area (Å²) in [6, 6.07) is 19.4. The third-order valence-corrected chi connectivity index (χ3v) is 6.85. The normalized spacial score (nSPS) is 15.4. The van der Waals surface area contributed by atoms with Crippen LogP contribution in [0.15, 0.2) is 137 Å². The number of allylic oxidation sites excluding steroid dienone is 6. The highest BCUT2D eigenvalue weighted by Crippen LogP contribution is 2.32. The van der Waals surface area contributed by atoms with E-state index in [0.29, 0.717) is 22.0 Å².